The number of rotatable bonds is 5. The zero-order valence-electron chi connectivity index (χ0n) is 12.4. The van der Waals surface area contributed by atoms with E-state index in [2.05, 4.69) is 40.3 Å². The third kappa shape index (κ3) is 4.48. The Morgan fingerprint density at radius 2 is 2.11 bits per heavy atom. The van der Waals surface area contributed by atoms with Crippen molar-refractivity contribution in [3.63, 3.8) is 0 Å². The second kappa shape index (κ2) is 6.87. The van der Waals surface area contributed by atoms with Crippen molar-refractivity contribution in [2.45, 2.75) is 19.4 Å². The molecule has 1 aliphatic heterocycles. The van der Waals surface area contributed by atoms with E-state index in [9.17, 15) is 0 Å². The van der Waals surface area contributed by atoms with E-state index >= 15 is 0 Å². The average molecular weight is 262 g/mol. The van der Waals surface area contributed by atoms with Crippen LogP contribution in [0.1, 0.15) is 18.4 Å². The van der Waals surface area contributed by atoms with E-state index in [1.54, 1.807) is 0 Å². The van der Waals surface area contributed by atoms with Crippen LogP contribution in [0.25, 0.3) is 0 Å². The number of hydrogen-bond donors (Lipinski definition) is 1. The minimum absolute atomic E-state index is 0.853. The minimum atomic E-state index is 0.853. The summed E-state index contributed by atoms with van der Waals surface area (Å²) in [6, 6.07) is 4.20. The van der Waals surface area contributed by atoms with Gasteiger partial charge in [-0.15, -0.1) is 0 Å². The third-order valence-electron chi connectivity index (χ3n) is 3.94. The van der Waals surface area contributed by atoms with Crippen LogP contribution in [0.5, 0.6) is 0 Å². The maximum Gasteiger partial charge on any atom is 0.125 e. The number of hydrogen-bond acceptors (Lipinski definition) is 4. The molecule has 106 valence electrons. The molecule has 0 saturated carbocycles. The zero-order valence-corrected chi connectivity index (χ0v) is 12.4. The quantitative estimate of drug-likeness (QED) is 0.878. The Labute approximate surface area is 116 Å². The van der Waals surface area contributed by atoms with E-state index in [-0.39, 0.29) is 0 Å². The van der Waals surface area contributed by atoms with Crippen LogP contribution in [0, 0.1) is 5.92 Å². The molecule has 0 aliphatic carbocycles. The van der Waals surface area contributed by atoms with E-state index in [0.29, 0.717) is 0 Å². The van der Waals surface area contributed by atoms with Gasteiger partial charge in [-0.05, 0) is 57.6 Å². The highest BCUT2D eigenvalue weighted by Gasteiger charge is 2.18. The molecule has 0 bridgehead atoms. The highest BCUT2D eigenvalue weighted by atomic mass is 15.1. The molecule has 2 rings (SSSR count). The van der Waals surface area contributed by atoms with Gasteiger partial charge in [-0.1, -0.05) is 6.07 Å². The summed E-state index contributed by atoms with van der Waals surface area (Å²) < 4.78 is 0. The van der Waals surface area contributed by atoms with Crippen LogP contribution in [0.3, 0.4) is 0 Å². The standard InChI is InChI=1S/C15H26N4/c1-16-15-5-4-14(10-17-15)12-19(3)11-13-6-8-18(2)9-7-13/h4-5,10,13H,6-9,11-12H2,1-3H3,(H,16,17). The maximum atomic E-state index is 4.36. The molecule has 1 N–H and O–H groups in total. The van der Waals surface area contributed by atoms with Crippen molar-refractivity contribution >= 4 is 5.82 Å². The largest absolute Gasteiger partial charge is 0.373 e. The van der Waals surface area contributed by atoms with E-state index in [1.807, 2.05) is 19.3 Å². The lowest BCUT2D eigenvalue weighted by molar-refractivity contribution is 0.173. The number of nitrogens with one attached hydrogen (secondary N) is 1. The molecule has 0 amide bonds. The predicted molar refractivity (Wildman–Crippen MR) is 80.3 cm³/mol. The van der Waals surface area contributed by atoms with Gasteiger partial charge in [-0.25, -0.2) is 4.98 Å². The first-order chi connectivity index (χ1) is 9.17. The number of likely N-dealkylation sites (tertiary alicyclic amines) is 1. The minimum Gasteiger partial charge on any atom is -0.373 e. The van der Waals surface area contributed by atoms with Crippen molar-refractivity contribution in [3.05, 3.63) is 23.9 Å². The van der Waals surface area contributed by atoms with Crippen molar-refractivity contribution in [3.8, 4) is 0 Å². The van der Waals surface area contributed by atoms with Gasteiger partial charge in [-0.2, -0.15) is 0 Å². The summed E-state index contributed by atoms with van der Waals surface area (Å²) in [6.45, 7) is 4.68. The average Bonchev–Trinajstić information content (AvgIpc) is 2.42. The first-order valence-corrected chi connectivity index (χ1v) is 7.17. The van der Waals surface area contributed by atoms with Crippen LogP contribution in [0.15, 0.2) is 18.3 Å². The molecule has 1 aromatic heterocycles. The summed E-state index contributed by atoms with van der Waals surface area (Å²) >= 11 is 0. The van der Waals surface area contributed by atoms with Gasteiger partial charge in [-0.3, -0.25) is 0 Å². The van der Waals surface area contributed by atoms with Crippen LogP contribution >= 0.6 is 0 Å². The molecule has 4 heteroatoms. The lowest BCUT2D eigenvalue weighted by Gasteiger charge is -2.31. The SMILES string of the molecule is CNc1ccc(CN(C)CC2CCN(C)CC2)cn1. The summed E-state index contributed by atoms with van der Waals surface area (Å²) in [5.74, 6) is 1.78. The van der Waals surface area contributed by atoms with Crippen LogP contribution in [-0.4, -0.2) is 55.6 Å². The summed E-state index contributed by atoms with van der Waals surface area (Å²) in [5.41, 5.74) is 1.29. The molecular formula is C15H26N4. The van der Waals surface area contributed by atoms with Gasteiger partial charge in [0.1, 0.15) is 5.82 Å². The third-order valence-corrected chi connectivity index (χ3v) is 3.94. The van der Waals surface area contributed by atoms with Gasteiger partial charge in [0.15, 0.2) is 0 Å². The molecular weight excluding hydrogens is 236 g/mol. The van der Waals surface area contributed by atoms with Crippen LogP contribution in [0.2, 0.25) is 0 Å². The Morgan fingerprint density at radius 3 is 2.68 bits per heavy atom. The Morgan fingerprint density at radius 1 is 1.37 bits per heavy atom. The van der Waals surface area contributed by atoms with Crippen molar-refractivity contribution in [2.24, 2.45) is 5.92 Å². The maximum absolute atomic E-state index is 4.36. The number of aromatic nitrogens is 1. The first kappa shape index (κ1) is 14.3. The fraction of sp³-hybridized carbons (Fsp3) is 0.667. The van der Waals surface area contributed by atoms with E-state index in [1.165, 1.54) is 38.0 Å². The predicted octanol–water partition coefficient (Wildman–Crippen LogP) is 1.90. The molecule has 1 aromatic rings. The Balaban J connectivity index is 1.78. The lowest BCUT2D eigenvalue weighted by Crippen LogP contribution is -2.35. The molecule has 4 nitrogen and oxygen atoms in total. The molecule has 0 spiro atoms. The topological polar surface area (TPSA) is 31.4 Å². The van der Waals surface area contributed by atoms with Crippen molar-refractivity contribution in [1.29, 1.82) is 0 Å². The fourth-order valence-electron chi connectivity index (χ4n) is 2.73. The van der Waals surface area contributed by atoms with Gasteiger partial charge >= 0.3 is 0 Å². The van der Waals surface area contributed by atoms with Gasteiger partial charge in [0, 0.05) is 26.3 Å². The Kier molecular flexibility index (Phi) is 5.16. The molecule has 0 radical (unpaired) electrons. The van der Waals surface area contributed by atoms with E-state index in [4.69, 9.17) is 0 Å². The normalized spacial score (nSPS) is 17.9. The lowest BCUT2D eigenvalue weighted by atomic mass is 9.96. The van der Waals surface area contributed by atoms with E-state index < -0.39 is 0 Å². The van der Waals surface area contributed by atoms with Crippen molar-refractivity contribution < 1.29 is 0 Å². The fourth-order valence-corrected chi connectivity index (χ4v) is 2.73. The van der Waals surface area contributed by atoms with Crippen LogP contribution < -0.4 is 5.32 Å². The second-order valence-corrected chi connectivity index (χ2v) is 5.75. The van der Waals surface area contributed by atoms with Gasteiger partial charge in [0.05, 0.1) is 0 Å². The molecule has 1 aliphatic rings. The smallest absolute Gasteiger partial charge is 0.125 e. The number of anilines is 1. The van der Waals surface area contributed by atoms with Crippen molar-refractivity contribution in [2.75, 3.05) is 46.1 Å². The summed E-state index contributed by atoms with van der Waals surface area (Å²) in [6.07, 6.45) is 4.63. The second-order valence-electron chi connectivity index (χ2n) is 5.75. The number of nitrogens with zero attached hydrogens (tertiary/aromatic N) is 3. The molecule has 2 heterocycles. The summed E-state index contributed by atoms with van der Waals surface area (Å²) in [5, 5.41) is 3.05. The summed E-state index contributed by atoms with van der Waals surface area (Å²) in [4.78, 5) is 9.21. The van der Waals surface area contributed by atoms with Crippen LogP contribution in [-0.2, 0) is 6.54 Å². The highest BCUT2D eigenvalue weighted by Crippen LogP contribution is 2.17. The molecule has 1 fully saturated rings. The van der Waals surface area contributed by atoms with Crippen LogP contribution in [0.4, 0.5) is 5.82 Å². The zero-order chi connectivity index (χ0) is 13.7. The Hall–Kier alpha value is -1.13. The number of piperidine rings is 1. The van der Waals surface area contributed by atoms with Gasteiger partial charge < -0.3 is 15.1 Å². The molecule has 1 saturated heterocycles. The van der Waals surface area contributed by atoms with Gasteiger partial charge in [0.25, 0.3) is 0 Å². The summed E-state index contributed by atoms with van der Waals surface area (Å²) in [7, 11) is 6.33. The molecule has 0 aromatic carbocycles. The van der Waals surface area contributed by atoms with Crippen molar-refractivity contribution in [1.82, 2.24) is 14.8 Å². The Bertz CT molecular complexity index is 368. The molecule has 0 atom stereocenters. The van der Waals surface area contributed by atoms with E-state index in [0.717, 1.165) is 18.3 Å². The monoisotopic (exact) mass is 262 g/mol. The first-order valence-electron chi connectivity index (χ1n) is 7.17. The highest BCUT2D eigenvalue weighted by molar-refractivity contribution is 5.34. The number of pyridine rings is 1. The molecule has 0 unspecified atom stereocenters. The van der Waals surface area contributed by atoms with Gasteiger partial charge in [0.2, 0.25) is 0 Å². The molecule has 19 heavy (non-hydrogen) atoms.